The fourth-order valence-corrected chi connectivity index (χ4v) is 2.22. The smallest absolute Gasteiger partial charge is 0.0619 e. The van der Waals surface area contributed by atoms with Gasteiger partial charge in [-0.05, 0) is 25.1 Å². The molecule has 1 atom stereocenters. The average molecular weight is 249 g/mol. The molecule has 1 aliphatic heterocycles. The molecule has 100 valence electrons. The van der Waals surface area contributed by atoms with Gasteiger partial charge in [0.15, 0.2) is 0 Å². The van der Waals surface area contributed by atoms with E-state index in [-0.39, 0.29) is 0 Å². The van der Waals surface area contributed by atoms with E-state index in [1.54, 1.807) is 0 Å². The van der Waals surface area contributed by atoms with Gasteiger partial charge in [0.25, 0.3) is 0 Å². The first-order chi connectivity index (χ1) is 8.81. The van der Waals surface area contributed by atoms with Gasteiger partial charge in [-0.1, -0.05) is 13.0 Å². The van der Waals surface area contributed by atoms with Crippen LogP contribution in [0.3, 0.4) is 0 Å². The summed E-state index contributed by atoms with van der Waals surface area (Å²) in [5.41, 5.74) is 2.49. The van der Waals surface area contributed by atoms with Crippen LogP contribution in [0.25, 0.3) is 0 Å². The van der Waals surface area contributed by atoms with E-state index in [9.17, 15) is 0 Å². The predicted molar refractivity (Wildman–Crippen MR) is 72.3 cm³/mol. The minimum absolute atomic E-state index is 0.479. The maximum Gasteiger partial charge on any atom is 0.0619 e. The molecule has 0 spiro atoms. The first-order valence-electron chi connectivity index (χ1n) is 6.76. The van der Waals surface area contributed by atoms with Crippen molar-refractivity contribution in [2.24, 2.45) is 0 Å². The molecular weight excluding hydrogens is 226 g/mol. The standard InChI is InChI=1S/C14H23N3O/c1-3-15-9-13-5-4-6-16-14(13)10-17-7-8-18-11-12(17)2/h4-6,12,15H,3,7-11H2,1-2H3. The van der Waals surface area contributed by atoms with E-state index in [1.807, 2.05) is 12.3 Å². The molecule has 1 aromatic rings. The summed E-state index contributed by atoms with van der Waals surface area (Å²) in [6.45, 7) is 9.81. The summed E-state index contributed by atoms with van der Waals surface area (Å²) < 4.78 is 5.47. The number of pyridine rings is 1. The molecule has 4 heteroatoms. The second kappa shape index (κ2) is 6.83. The van der Waals surface area contributed by atoms with Crippen molar-refractivity contribution in [1.82, 2.24) is 15.2 Å². The lowest BCUT2D eigenvalue weighted by molar-refractivity contribution is -0.00503. The Bertz CT molecular complexity index is 370. The summed E-state index contributed by atoms with van der Waals surface area (Å²) in [5, 5.41) is 3.37. The molecule has 0 amide bonds. The maximum atomic E-state index is 5.47. The second-order valence-electron chi connectivity index (χ2n) is 4.78. The van der Waals surface area contributed by atoms with Crippen molar-refractivity contribution in [2.75, 3.05) is 26.3 Å². The Labute approximate surface area is 109 Å². The van der Waals surface area contributed by atoms with Gasteiger partial charge in [-0.25, -0.2) is 0 Å². The third-order valence-electron chi connectivity index (χ3n) is 3.41. The molecule has 1 aromatic heterocycles. The monoisotopic (exact) mass is 249 g/mol. The van der Waals surface area contributed by atoms with Crippen LogP contribution < -0.4 is 5.32 Å². The lowest BCUT2D eigenvalue weighted by atomic mass is 10.1. The van der Waals surface area contributed by atoms with Gasteiger partial charge in [0.2, 0.25) is 0 Å². The van der Waals surface area contributed by atoms with E-state index < -0.39 is 0 Å². The van der Waals surface area contributed by atoms with Gasteiger partial charge in [0.1, 0.15) is 0 Å². The van der Waals surface area contributed by atoms with Crippen LogP contribution in [0.1, 0.15) is 25.1 Å². The highest BCUT2D eigenvalue weighted by molar-refractivity contribution is 5.19. The van der Waals surface area contributed by atoms with Crippen molar-refractivity contribution in [3.8, 4) is 0 Å². The first kappa shape index (κ1) is 13.5. The average Bonchev–Trinajstić information content (AvgIpc) is 2.40. The van der Waals surface area contributed by atoms with Crippen molar-refractivity contribution in [2.45, 2.75) is 33.0 Å². The van der Waals surface area contributed by atoms with Gasteiger partial charge in [-0.2, -0.15) is 0 Å². The second-order valence-corrected chi connectivity index (χ2v) is 4.78. The highest BCUT2D eigenvalue weighted by Crippen LogP contribution is 2.13. The molecule has 1 saturated heterocycles. The van der Waals surface area contributed by atoms with Crippen LogP contribution in [-0.4, -0.2) is 42.2 Å². The van der Waals surface area contributed by atoms with Crippen LogP contribution in [0.4, 0.5) is 0 Å². The van der Waals surface area contributed by atoms with Crippen molar-refractivity contribution in [3.63, 3.8) is 0 Å². The number of aromatic nitrogens is 1. The number of morpholine rings is 1. The van der Waals surface area contributed by atoms with Crippen LogP contribution in [0, 0.1) is 0 Å². The molecule has 0 radical (unpaired) electrons. The van der Waals surface area contributed by atoms with Gasteiger partial charge in [0.05, 0.1) is 18.9 Å². The number of nitrogens with zero attached hydrogens (tertiary/aromatic N) is 2. The quantitative estimate of drug-likeness (QED) is 0.856. The van der Waals surface area contributed by atoms with E-state index in [1.165, 1.54) is 11.3 Å². The Morgan fingerprint density at radius 3 is 3.22 bits per heavy atom. The van der Waals surface area contributed by atoms with Crippen LogP contribution >= 0.6 is 0 Å². The highest BCUT2D eigenvalue weighted by Gasteiger charge is 2.20. The summed E-state index contributed by atoms with van der Waals surface area (Å²) in [4.78, 5) is 6.98. The molecule has 0 aromatic carbocycles. The third-order valence-corrected chi connectivity index (χ3v) is 3.41. The number of hydrogen-bond acceptors (Lipinski definition) is 4. The van der Waals surface area contributed by atoms with Crippen LogP contribution in [-0.2, 0) is 17.8 Å². The van der Waals surface area contributed by atoms with Crippen molar-refractivity contribution < 1.29 is 4.74 Å². The summed E-state index contributed by atoms with van der Waals surface area (Å²) in [5.74, 6) is 0. The largest absolute Gasteiger partial charge is 0.379 e. The Kier molecular flexibility index (Phi) is 5.11. The Hall–Kier alpha value is -0.970. The predicted octanol–water partition coefficient (Wildman–Crippen LogP) is 1.41. The molecule has 4 nitrogen and oxygen atoms in total. The normalized spacial score (nSPS) is 21.1. The zero-order chi connectivity index (χ0) is 12.8. The molecule has 1 N–H and O–H groups in total. The number of nitrogens with one attached hydrogen (secondary N) is 1. The third kappa shape index (κ3) is 3.51. The summed E-state index contributed by atoms with van der Waals surface area (Å²) >= 11 is 0. The molecule has 18 heavy (non-hydrogen) atoms. The molecule has 2 heterocycles. The Balaban J connectivity index is 2.03. The number of hydrogen-bond donors (Lipinski definition) is 1. The van der Waals surface area contributed by atoms with Gasteiger partial charge in [0, 0.05) is 31.9 Å². The molecule has 1 aliphatic rings. The Morgan fingerprint density at radius 1 is 1.56 bits per heavy atom. The van der Waals surface area contributed by atoms with Gasteiger partial charge < -0.3 is 10.1 Å². The molecular formula is C14H23N3O. The molecule has 1 unspecified atom stereocenters. The zero-order valence-electron chi connectivity index (χ0n) is 11.4. The van der Waals surface area contributed by atoms with Crippen LogP contribution in [0.5, 0.6) is 0 Å². The number of rotatable bonds is 5. The number of ether oxygens (including phenoxy) is 1. The first-order valence-corrected chi connectivity index (χ1v) is 6.76. The van der Waals surface area contributed by atoms with E-state index in [2.05, 4.69) is 35.1 Å². The molecule has 2 rings (SSSR count). The Morgan fingerprint density at radius 2 is 2.44 bits per heavy atom. The molecule has 0 bridgehead atoms. The van der Waals surface area contributed by atoms with Crippen LogP contribution in [0.15, 0.2) is 18.3 Å². The summed E-state index contributed by atoms with van der Waals surface area (Å²) in [6.07, 6.45) is 1.88. The topological polar surface area (TPSA) is 37.4 Å². The fourth-order valence-electron chi connectivity index (χ4n) is 2.22. The molecule has 1 fully saturated rings. The van der Waals surface area contributed by atoms with Gasteiger partial charge in [-0.3, -0.25) is 9.88 Å². The van der Waals surface area contributed by atoms with Crippen molar-refractivity contribution >= 4 is 0 Å². The molecule has 0 saturated carbocycles. The van der Waals surface area contributed by atoms with Crippen molar-refractivity contribution in [3.05, 3.63) is 29.6 Å². The van der Waals surface area contributed by atoms with E-state index in [0.29, 0.717) is 6.04 Å². The van der Waals surface area contributed by atoms with E-state index in [4.69, 9.17) is 4.74 Å². The maximum absolute atomic E-state index is 5.47. The lowest BCUT2D eigenvalue weighted by Gasteiger charge is -2.33. The molecule has 0 aliphatic carbocycles. The minimum atomic E-state index is 0.479. The fraction of sp³-hybridized carbons (Fsp3) is 0.643. The van der Waals surface area contributed by atoms with E-state index in [0.717, 1.165) is 39.4 Å². The van der Waals surface area contributed by atoms with Crippen LogP contribution in [0.2, 0.25) is 0 Å². The van der Waals surface area contributed by atoms with Crippen molar-refractivity contribution in [1.29, 1.82) is 0 Å². The lowest BCUT2D eigenvalue weighted by Crippen LogP contribution is -2.43. The zero-order valence-corrected chi connectivity index (χ0v) is 11.4. The highest BCUT2D eigenvalue weighted by atomic mass is 16.5. The minimum Gasteiger partial charge on any atom is -0.379 e. The summed E-state index contributed by atoms with van der Waals surface area (Å²) in [7, 11) is 0. The summed E-state index contributed by atoms with van der Waals surface area (Å²) in [6, 6.07) is 4.66. The SMILES string of the molecule is CCNCc1cccnc1CN1CCOCC1C. The van der Waals surface area contributed by atoms with Gasteiger partial charge in [-0.15, -0.1) is 0 Å². The van der Waals surface area contributed by atoms with Gasteiger partial charge >= 0.3 is 0 Å². The van der Waals surface area contributed by atoms with E-state index >= 15 is 0 Å².